The van der Waals surface area contributed by atoms with Crippen LogP contribution in [0.15, 0.2) is 67.1 Å². The molecule has 0 aliphatic carbocycles. The molecule has 0 unspecified atom stereocenters. The Balaban J connectivity index is 1.14. The third kappa shape index (κ3) is 9.23. The van der Waals surface area contributed by atoms with E-state index in [2.05, 4.69) is 34.4 Å². The maximum absolute atomic E-state index is 13.4. The number of imidazole rings is 1. The average molecular weight is 721 g/mol. The monoisotopic (exact) mass is 720 g/mol. The summed E-state index contributed by atoms with van der Waals surface area (Å²) in [7, 11) is 0. The molecule has 11 nitrogen and oxygen atoms in total. The molecule has 0 fully saturated rings. The van der Waals surface area contributed by atoms with Gasteiger partial charge in [0.1, 0.15) is 18.8 Å². The quantitative estimate of drug-likeness (QED) is 0.0991. The lowest BCUT2D eigenvalue weighted by Gasteiger charge is -2.28. The molecule has 4 aromatic rings. The number of nitrogens with one attached hydrogen (secondary N) is 2. The van der Waals surface area contributed by atoms with Crippen LogP contribution in [0.3, 0.4) is 0 Å². The molecule has 0 saturated heterocycles. The van der Waals surface area contributed by atoms with Crippen molar-refractivity contribution in [3.05, 3.63) is 95.3 Å². The Kier molecular flexibility index (Phi) is 13.3. The van der Waals surface area contributed by atoms with Crippen LogP contribution >= 0.6 is 23.5 Å². The van der Waals surface area contributed by atoms with Crippen molar-refractivity contribution in [1.82, 2.24) is 24.7 Å². The zero-order valence-electron chi connectivity index (χ0n) is 28.2. The third-order valence-electron chi connectivity index (χ3n) is 8.11. The Bertz CT molecular complexity index is 1790. The molecule has 0 saturated carbocycles. The number of halogens is 1. The summed E-state index contributed by atoms with van der Waals surface area (Å²) in [6, 6.07) is 13.8. The molecule has 1 aliphatic heterocycles. The fourth-order valence-corrected chi connectivity index (χ4v) is 6.96. The summed E-state index contributed by atoms with van der Waals surface area (Å²) in [6.45, 7) is 7.29. The summed E-state index contributed by atoms with van der Waals surface area (Å²) >= 11 is 3.82. The van der Waals surface area contributed by atoms with E-state index in [4.69, 9.17) is 4.74 Å². The van der Waals surface area contributed by atoms with Gasteiger partial charge in [-0.05, 0) is 54.0 Å². The number of ether oxygens (including phenoxy) is 1. The molecule has 3 aromatic carbocycles. The largest absolute Gasteiger partial charge is 0.447 e. The topological polar surface area (TPSA) is 126 Å². The molecule has 264 valence electrons. The first-order chi connectivity index (χ1) is 24.3. The lowest BCUT2D eigenvalue weighted by molar-refractivity contribution is 0.0607. The normalized spacial score (nSPS) is 12.5. The van der Waals surface area contributed by atoms with Crippen molar-refractivity contribution < 1.29 is 28.3 Å². The van der Waals surface area contributed by atoms with Crippen molar-refractivity contribution in [2.24, 2.45) is 0 Å². The minimum Gasteiger partial charge on any atom is -0.447 e. The molecular weight excluding hydrogens is 680 g/mol. The van der Waals surface area contributed by atoms with Crippen LogP contribution in [0.1, 0.15) is 50.6 Å². The zero-order chi connectivity index (χ0) is 35.5. The number of imide groups is 1. The minimum atomic E-state index is -0.526. The van der Waals surface area contributed by atoms with Gasteiger partial charge in [0, 0.05) is 90.1 Å². The van der Waals surface area contributed by atoms with Crippen LogP contribution in [0.5, 0.6) is 0 Å². The Labute approximate surface area is 299 Å². The smallest absolute Gasteiger partial charge is 0.419 e. The maximum Gasteiger partial charge on any atom is 0.419 e. The first-order valence-corrected chi connectivity index (χ1v) is 18.9. The predicted molar refractivity (Wildman–Crippen MR) is 197 cm³/mol. The summed E-state index contributed by atoms with van der Waals surface area (Å²) in [5.74, 6) is 2.46. The SMILES string of the molecule is CCSCCN(CCSCC)Cc1cn(C(=O)OCCNc2ccc3c4c(cccc24)C(=O)N(CCNC(=O)c2ccc(F)cc2)C3=O)cn1. The lowest BCUT2D eigenvalue weighted by atomic mass is 9.93. The fourth-order valence-electron chi connectivity index (χ4n) is 5.61. The van der Waals surface area contributed by atoms with E-state index in [-0.39, 0.29) is 25.3 Å². The second-order valence-electron chi connectivity index (χ2n) is 11.4. The van der Waals surface area contributed by atoms with E-state index in [0.717, 1.165) is 46.7 Å². The van der Waals surface area contributed by atoms with Crippen LogP contribution in [0.2, 0.25) is 0 Å². The molecular formula is C36H41FN6O5S2. The first kappa shape index (κ1) is 36.9. The van der Waals surface area contributed by atoms with Gasteiger partial charge in [0.05, 0.1) is 5.69 Å². The highest BCUT2D eigenvalue weighted by atomic mass is 32.2. The van der Waals surface area contributed by atoms with Crippen LogP contribution in [0.25, 0.3) is 10.8 Å². The highest BCUT2D eigenvalue weighted by Crippen LogP contribution is 2.34. The predicted octanol–water partition coefficient (Wildman–Crippen LogP) is 5.61. The summed E-state index contributed by atoms with van der Waals surface area (Å²) in [6.07, 6.45) is 2.67. The van der Waals surface area contributed by atoms with Crippen molar-refractivity contribution in [2.75, 3.05) is 67.7 Å². The number of hydrogen-bond donors (Lipinski definition) is 2. The molecule has 2 N–H and O–H groups in total. The van der Waals surface area contributed by atoms with Crippen molar-refractivity contribution in [3.8, 4) is 0 Å². The summed E-state index contributed by atoms with van der Waals surface area (Å²) in [5, 5.41) is 7.17. The molecule has 2 heterocycles. The second-order valence-corrected chi connectivity index (χ2v) is 14.2. The van der Waals surface area contributed by atoms with E-state index in [9.17, 15) is 23.6 Å². The van der Waals surface area contributed by atoms with Crippen LogP contribution < -0.4 is 10.6 Å². The molecule has 5 rings (SSSR count). The highest BCUT2D eigenvalue weighted by Gasteiger charge is 2.33. The minimum absolute atomic E-state index is 0.0291. The number of carbonyl (C=O) groups is 4. The second kappa shape index (κ2) is 18.0. The van der Waals surface area contributed by atoms with Crippen LogP contribution in [-0.4, -0.2) is 106 Å². The molecule has 14 heteroatoms. The number of benzene rings is 3. The van der Waals surface area contributed by atoms with E-state index in [1.807, 2.05) is 29.6 Å². The van der Waals surface area contributed by atoms with Crippen molar-refractivity contribution in [1.29, 1.82) is 0 Å². The van der Waals surface area contributed by atoms with Gasteiger partial charge < -0.3 is 15.4 Å². The molecule has 0 atom stereocenters. The number of nitrogens with zero attached hydrogens (tertiary/aromatic N) is 4. The van der Waals surface area contributed by atoms with E-state index in [1.54, 1.807) is 30.5 Å². The molecule has 0 radical (unpaired) electrons. The fraction of sp³-hybridized carbons (Fsp3) is 0.361. The summed E-state index contributed by atoms with van der Waals surface area (Å²) < 4.78 is 20.0. The van der Waals surface area contributed by atoms with Crippen LogP contribution in [0, 0.1) is 5.82 Å². The molecule has 1 aliphatic rings. The van der Waals surface area contributed by atoms with Crippen molar-refractivity contribution >= 4 is 63.8 Å². The summed E-state index contributed by atoms with van der Waals surface area (Å²) in [4.78, 5) is 59.9. The number of carbonyl (C=O) groups excluding carboxylic acids is 4. The Morgan fingerprint density at radius 1 is 0.920 bits per heavy atom. The Hall–Kier alpha value is -4.40. The van der Waals surface area contributed by atoms with Gasteiger partial charge in [0.15, 0.2) is 0 Å². The van der Waals surface area contributed by atoms with Gasteiger partial charge in [0.25, 0.3) is 17.7 Å². The Morgan fingerprint density at radius 2 is 1.62 bits per heavy atom. The summed E-state index contributed by atoms with van der Waals surface area (Å²) in [5.41, 5.74) is 2.52. The molecule has 1 aromatic heterocycles. The molecule has 0 bridgehead atoms. The van der Waals surface area contributed by atoms with E-state index < -0.39 is 29.6 Å². The maximum atomic E-state index is 13.4. The average Bonchev–Trinajstić information content (AvgIpc) is 3.59. The van der Waals surface area contributed by atoms with Gasteiger partial charge in [0.2, 0.25) is 0 Å². The van der Waals surface area contributed by atoms with E-state index in [0.29, 0.717) is 40.7 Å². The van der Waals surface area contributed by atoms with Gasteiger partial charge in [-0.15, -0.1) is 0 Å². The van der Waals surface area contributed by atoms with Crippen LogP contribution in [-0.2, 0) is 11.3 Å². The highest BCUT2D eigenvalue weighted by molar-refractivity contribution is 7.99. The van der Waals surface area contributed by atoms with Crippen LogP contribution in [0.4, 0.5) is 14.9 Å². The van der Waals surface area contributed by atoms with Crippen molar-refractivity contribution in [3.63, 3.8) is 0 Å². The number of hydrogen-bond acceptors (Lipinski definition) is 10. The third-order valence-corrected chi connectivity index (χ3v) is 9.87. The number of thioether (sulfide) groups is 2. The van der Waals surface area contributed by atoms with Gasteiger partial charge in [-0.25, -0.2) is 18.7 Å². The Morgan fingerprint density at radius 3 is 2.32 bits per heavy atom. The van der Waals surface area contributed by atoms with Gasteiger partial charge in [-0.1, -0.05) is 26.0 Å². The first-order valence-electron chi connectivity index (χ1n) is 16.6. The van der Waals surface area contributed by atoms with Gasteiger partial charge >= 0.3 is 6.09 Å². The number of aromatic nitrogens is 2. The van der Waals surface area contributed by atoms with Gasteiger partial charge in [-0.2, -0.15) is 23.5 Å². The van der Waals surface area contributed by atoms with E-state index >= 15 is 0 Å². The molecule has 50 heavy (non-hydrogen) atoms. The van der Waals surface area contributed by atoms with E-state index in [1.165, 1.54) is 35.2 Å². The van der Waals surface area contributed by atoms with Crippen molar-refractivity contribution in [2.45, 2.75) is 20.4 Å². The number of rotatable bonds is 18. The van der Waals surface area contributed by atoms with Gasteiger partial charge in [-0.3, -0.25) is 24.2 Å². The standard InChI is InChI=1S/C36H41FN6O5S2/c1-3-49-20-17-41(18-21-50-4-2)22-27-23-42(24-40-27)36(47)48-19-15-38-31-13-12-30-32-28(31)6-5-7-29(32)34(45)43(35(30)46)16-14-39-33(44)25-8-10-26(37)11-9-25/h5-13,23-24,38H,3-4,14-22H2,1-2H3,(H,39,44). The number of amides is 3. The number of anilines is 1. The zero-order valence-corrected chi connectivity index (χ0v) is 29.8. The molecule has 0 spiro atoms. The molecule has 3 amide bonds. The lowest BCUT2D eigenvalue weighted by Crippen LogP contribution is -2.44.